The number of ether oxygens (including phenoxy) is 2. The van der Waals surface area contributed by atoms with Gasteiger partial charge >= 0.3 is 11.9 Å². The molecule has 0 aromatic heterocycles. The molecule has 0 aromatic carbocycles. The van der Waals surface area contributed by atoms with Crippen molar-refractivity contribution in [1.29, 1.82) is 0 Å². The maximum absolute atomic E-state index is 12.5. The molecule has 0 aliphatic heterocycles. The largest absolute Gasteiger partial charge is 0.462 e. The molecule has 42 heavy (non-hydrogen) atoms. The third kappa shape index (κ3) is 7.07. The summed E-state index contributed by atoms with van der Waals surface area (Å²) in [4.78, 5) is 24.9. The second-order valence-corrected chi connectivity index (χ2v) is 16.4. The van der Waals surface area contributed by atoms with Crippen LogP contribution in [0.5, 0.6) is 0 Å². The molecule has 4 rings (SSSR count). The van der Waals surface area contributed by atoms with Gasteiger partial charge in [-0.05, 0) is 86.9 Å². The van der Waals surface area contributed by atoms with Gasteiger partial charge in [0.1, 0.15) is 12.2 Å². The standard InChI is InChI=1S/C37H64O5/c1-34(2)27-21-23-36(34,5)30(25-27)41-32(39)19-15-11-7-9-13-17-29(38)18-14-10-8-12-16-20-33(40)42-31-26-28-22-24-37(31,6)35(28,3)4/h27-31,38H,7-26H2,1-6H3/t27-,28-,30+,31+,36+,37+/m0/s1. The van der Waals surface area contributed by atoms with Crippen molar-refractivity contribution in [2.45, 2.75) is 188 Å². The molecule has 0 unspecified atom stereocenters. The van der Waals surface area contributed by atoms with Crippen LogP contribution in [-0.4, -0.2) is 35.4 Å². The highest BCUT2D eigenvalue weighted by atomic mass is 16.5. The van der Waals surface area contributed by atoms with Gasteiger partial charge in [-0.3, -0.25) is 9.59 Å². The molecular formula is C37H64O5. The first-order valence-corrected chi connectivity index (χ1v) is 17.9. The van der Waals surface area contributed by atoms with E-state index in [0.717, 1.165) is 89.9 Å². The Bertz CT molecular complexity index is 838. The quantitative estimate of drug-likeness (QED) is 0.128. The normalized spacial score (nSPS) is 33.9. The Morgan fingerprint density at radius 2 is 0.976 bits per heavy atom. The van der Waals surface area contributed by atoms with E-state index in [0.29, 0.717) is 24.7 Å². The van der Waals surface area contributed by atoms with Crippen molar-refractivity contribution in [2.75, 3.05) is 0 Å². The van der Waals surface area contributed by atoms with Crippen molar-refractivity contribution < 1.29 is 24.2 Å². The zero-order valence-corrected chi connectivity index (χ0v) is 28.1. The van der Waals surface area contributed by atoms with E-state index >= 15 is 0 Å². The van der Waals surface area contributed by atoms with Gasteiger partial charge in [-0.1, -0.05) is 92.9 Å². The van der Waals surface area contributed by atoms with Gasteiger partial charge in [0.15, 0.2) is 0 Å². The van der Waals surface area contributed by atoms with Crippen molar-refractivity contribution in [3.8, 4) is 0 Å². The average molecular weight is 589 g/mol. The lowest BCUT2D eigenvalue weighted by atomic mass is 9.70. The van der Waals surface area contributed by atoms with Gasteiger partial charge in [0, 0.05) is 23.7 Å². The highest BCUT2D eigenvalue weighted by molar-refractivity contribution is 5.70. The summed E-state index contributed by atoms with van der Waals surface area (Å²) in [5.74, 6) is 1.39. The van der Waals surface area contributed by atoms with Crippen molar-refractivity contribution >= 4 is 11.9 Å². The predicted octanol–water partition coefficient (Wildman–Crippen LogP) is 9.32. The van der Waals surface area contributed by atoms with Crippen LogP contribution in [0.25, 0.3) is 0 Å². The molecule has 242 valence electrons. The molecule has 5 nitrogen and oxygen atoms in total. The van der Waals surface area contributed by atoms with Crippen LogP contribution < -0.4 is 0 Å². The van der Waals surface area contributed by atoms with Crippen molar-refractivity contribution in [3.63, 3.8) is 0 Å². The first-order valence-electron chi connectivity index (χ1n) is 17.9. The van der Waals surface area contributed by atoms with Gasteiger partial charge < -0.3 is 14.6 Å². The van der Waals surface area contributed by atoms with E-state index in [2.05, 4.69) is 41.5 Å². The van der Waals surface area contributed by atoms with Gasteiger partial charge in [0.05, 0.1) is 6.10 Å². The fourth-order valence-electron chi connectivity index (χ4n) is 9.56. The summed E-state index contributed by atoms with van der Waals surface area (Å²) in [6.45, 7) is 14.1. The molecule has 6 atom stereocenters. The minimum Gasteiger partial charge on any atom is -0.462 e. The number of aliphatic hydroxyl groups excluding tert-OH is 1. The Morgan fingerprint density at radius 1 is 0.619 bits per heavy atom. The van der Waals surface area contributed by atoms with Crippen LogP contribution >= 0.6 is 0 Å². The molecule has 0 spiro atoms. The summed E-state index contributed by atoms with van der Waals surface area (Å²) >= 11 is 0. The Labute approximate surface area is 257 Å². The minimum absolute atomic E-state index is 0.00539. The fourth-order valence-corrected chi connectivity index (χ4v) is 9.56. The van der Waals surface area contributed by atoms with Gasteiger partial charge in [0.25, 0.3) is 0 Å². The zero-order chi connectivity index (χ0) is 30.6. The predicted molar refractivity (Wildman–Crippen MR) is 169 cm³/mol. The van der Waals surface area contributed by atoms with E-state index in [-0.39, 0.29) is 51.9 Å². The molecule has 4 aliphatic rings. The molecular weight excluding hydrogens is 524 g/mol. The van der Waals surface area contributed by atoms with Crippen LogP contribution in [0, 0.1) is 33.5 Å². The summed E-state index contributed by atoms with van der Waals surface area (Å²) < 4.78 is 11.9. The maximum Gasteiger partial charge on any atom is 0.306 e. The van der Waals surface area contributed by atoms with Crippen LogP contribution in [0.15, 0.2) is 0 Å². The van der Waals surface area contributed by atoms with Gasteiger partial charge in [0.2, 0.25) is 0 Å². The smallest absolute Gasteiger partial charge is 0.306 e. The number of carbonyl (C=O) groups is 2. The van der Waals surface area contributed by atoms with E-state index in [4.69, 9.17) is 9.47 Å². The summed E-state index contributed by atoms with van der Waals surface area (Å²) in [6.07, 6.45) is 20.4. The summed E-state index contributed by atoms with van der Waals surface area (Å²) in [7, 11) is 0. The van der Waals surface area contributed by atoms with Crippen molar-refractivity contribution in [1.82, 2.24) is 0 Å². The molecule has 0 amide bonds. The summed E-state index contributed by atoms with van der Waals surface area (Å²) in [5.41, 5.74) is 0.860. The van der Waals surface area contributed by atoms with E-state index in [9.17, 15) is 14.7 Å². The highest BCUT2D eigenvalue weighted by Gasteiger charge is 2.63. The lowest BCUT2D eigenvalue weighted by molar-refractivity contribution is -0.157. The van der Waals surface area contributed by atoms with Crippen molar-refractivity contribution in [2.24, 2.45) is 33.5 Å². The number of fused-ring (bicyclic) bond motifs is 4. The third-order valence-corrected chi connectivity index (χ3v) is 13.8. The topological polar surface area (TPSA) is 72.8 Å². The van der Waals surface area contributed by atoms with Crippen LogP contribution in [0.2, 0.25) is 0 Å². The van der Waals surface area contributed by atoms with E-state index < -0.39 is 0 Å². The zero-order valence-electron chi connectivity index (χ0n) is 28.1. The molecule has 0 radical (unpaired) electrons. The number of esters is 2. The number of hydrogen-bond donors (Lipinski definition) is 1. The van der Waals surface area contributed by atoms with E-state index in [1.54, 1.807) is 0 Å². The SMILES string of the molecule is CC1(C)[C@H]2CC[C@]1(C)[C@H](OC(=O)CCCCCCCC(O)CCCCCCCC(=O)O[C@@H]1C[C@@H]3CC[C@@]1(C)C3(C)C)C2. The molecule has 0 heterocycles. The number of unbranched alkanes of at least 4 members (excludes halogenated alkanes) is 8. The Kier molecular flexibility index (Phi) is 11.2. The number of hydrogen-bond acceptors (Lipinski definition) is 5. The molecule has 4 bridgehead atoms. The van der Waals surface area contributed by atoms with Crippen LogP contribution in [0.3, 0.4) is 0 Å². The molecule has 4 fully saturated rings. The molecule has 0 saturated heterocycles. The third-order valence-electron chi connectivity index (χ3n) is 13.8. The average Bonchev–Trinajstić information content (AvgIpc) is 3.44. The fraction of sp³-hybridized carbons (Fsp3) is 0.946. The first kappa shape index (κ1) is 33.8. The lowest BCUT2D eigenvalue weighted by Gasteiger charge is -2.38. The second kappa shape index (κ2) is 13.9. The summed E-state index contributed by atoms with van der Waals surface area (Å²) in [6, 6.07) is 0. The Balaban J connectivity index is 0.924. The second-order valence-electron chi connectivity index (χ2n) is 16.4. The summed E-state index contributed by atoms with van der Waals surface area (Å²) in [5, 5.41) is 10.4. The Hall–Kier alpha value is -1.10. The van der Waals surface area contributed by atoms with Crippen LogP contribution in [-0.2, 0) is 19.1 Å². The minimum atomic E-state index is -0.199. The molecule has 0 aromatic rings. The van der Waals surface area contributed by atoms with Crippen LogP contribution in [0.4, 0.5) is 0 Å². The Morgan fingerprint density at radius 3 is 1.31 bits per heavy atom. The van der Waals surface area contributed by atoms with Crippen molar-refractivity contribution in [3.05, 3.63) is 0 Å². The molecule has 1 N–H and O–H groups in total. The lowest BCUT2D eigenvalue weighted by Crippen LogP contribution is -2.38. The van der Waals surface area contributed by atoms with Gasteiger partial charge in [-0.25, -0.2) is 0 Å². The molecule has 4 aliphatic carbocycles. The molecule has 4 saturated carbocycles. The monoisotopic (exact) mass is 588 g/mol. The number of aliphatic hydroxyl groups is 1. The maximum atomic E-state index is 12.5. The molecule has 5 heteroatoms. The van der Waals surface area contributed by atoms with Gasteiger partial charge in [-0.2, -0.15) is 0 Å². The van der Waals surface area contributed by atoms with E-state index in [1.165, 1.54) is 25.7 Å². The first-order chi connectivity index (χ1) is 19.8. The number of rotatable bonds is 18. The highest BCUT2D eigenvalue weighted by Crippen LogP contribution is 2.67. The van der Waals surface area contributed by atoms with Gasteiger partial charge in [-0.15, -0.1) is 0 Å². The van der Waals surface area contributed by atoms with E-state index in [1.807, 2.05) is 0 Å². The van der Waals surface area contributed by atoms with Crippen LogP contribution in [0.1, 0.15) is 170 Å². The number of carbonyl (C=O) groups excluding carboxylic acids is 2.